The number of nitrogens with zero attached hydrogens (tertiary/aromatic N) is 1. The Morgan fingerprint density at radius 2 is 1.35 bits per heavy atom. The van der Waals surface area contributed by atoms with Crippen LogP contribution in [-0.4, -0.2) is 36.1 Å². The lowest BCUT2D eigenvalue weighted by Gasteiger charge is -2.11. The van der Waals surface area contributed by atoms with Gasteiger partial charge in [0.15, 0.2) is 0 Å². The molecular weight excluding hydrogens is 457 g/mol. The van der Waals surface area contributed by atoms with Crippen LogP contribution in [0.15, 0.2) is 66.9 Å². The summed E-state index contributed by atoms with van der Waals surface area (Å²) in [6, 6.07) is 13.3. The molecule has 3 aromatic rings. The number of amides is 3. The van der Waals surface area contributed by atoms with Crippen LogP contribution >= 0.6 is 0 Å². The molecule has 0 spiro atoms. The third-order valence-electron chi connectivity index (χ3n) is 4.14. The fraction of sp³-hybridized carbons (Fsp3) is 0.0909. The highest BCUT2D eigenvalue weighted by Crippen LogP contribution is 2.24. The van der Waals surface area contributed by atoms with Crippen molar-refractivity contribution in [1.29, 1.82) is 0 Å². The van der Waals surface area contributed by atoms with E-state index >= 15 is 0 Å². The fourth-order valence-electron chi connectivity index (χ4n) is 2.66. The van der Waals surface area contributed by atoms with Gasteiger partial charge in [-0.2, -0.15) is 0 Å². The first-order chi connectivity index (χ1) is 16.1. The van der Waals surface area contributed by atoms with Gasteiger partial charge in [0.05, 0.1) is 0 Å². The van der Waals surface area contributed by atoms with Gasteiger partial charge in [-0.1, -0.05) is 12.1 Å². The first-order valence-electron chi connectivity index (χ1n) is 9.57. The minimum Gasteiger partial charge on any atom is -0.457 e. The van der Waals surface area contributed by atoms with Crippen LogP contribution in [-0.2, 0) is 0 Å². The van der Waals surface area contributed by atoms with Crippen LogP contribution in [0.2, 0.25) is 0 Å². The summed E-state index contributed by atoms with van der Waals surface area (Å²) in [5, 5.41) is 2.44. The Labute approximate surface area is 190 Å². The van der Waals surface area contributed by atoms with Crippen LogP contribution in [0.4, 0.5) is 13.2 Å². The number of hydrogen-bond donors (Lipinski definition) is 3. The monoisotopic (exact) mass is 474 g/mol. The minimum absolute atomic E-state index is 0.118. The first-order valence-corrected chi connectivity index (χ1v) is 9.57. The molecule has 0 saturated heterocycles. The van der Waals surface area contributed by atoms with Crippen LogP contribution in [0.1, 0.15) is 31.2 Å². The van der Waals surface area contributed by atoms with Crippen molar-refractivity contribution in [3.05, 3.63) is 83.7 Å². The fourth-order valence-corrected chi connectivity index (χ4v) is 2.66. The summed E-state index contributed by atoms with van der Waals surface area (Å²) < 4.78 is 46.5. The summed E-state index contributed by atoms with van der Waals surface area (Å²) in [5.41, 5.74) is 4.38. The van der Waals surface area contributed by atoms with E-state index in [1.165, 1.54) is 55.7 Å². The number of benzene rings is 2. The molecule has 0 radical (unpaired) electrons. The highest BCUT2D eigenvalue weighted by atomic mass is 19.4. The number of halogens is 3. The van der Waals surface area contributed by atoms with E-state index in [1.54, 1.807) is 6.07 Å². The number of nitrogens with one attached hydrogen (secondary N) is 3. The Balaban J connectivity index is 1.63. The molecule has 3 N–H and O–H groups in total. The zero-order valence-electron chi connectivity index (χ0n) is 17.5. The number of alkyl halides is 3. The van der Waals surface area contributed by atoms with Gasteiger partial charge in [0.2, 0.25) is 0 Å². The molecule has 1 heterocycles. The molecular formula is C22H17F3N4O5. The van der Waals surface area contributed by atoms with E-state index in [1.807, 2.05) is 0 Å². The standard InChI is InChI=1S/C22H17F3N4O5/c1-26-21(32)18-12-16(8-9-27-18)33-15-6-2-4-13(10-15)19(30)28-29-20(31)14-5-3-7-17(11-14)34-22(23,24)25/h2-12H,1H3,(H,26,32)(H,28,30)(H,29,31). The Kier molecular flexibility index (Phi) is 7.31. The summed E-state index contributed by atoms with van der Waals surface area (Å²) in [7, 11) is 1.46. The van der Waals surface area contributed by atoms with Gasteiger partial charge < -0.3 is 14.8 Å². The predicted octanol–water partition coefficient (Wildman–Crippen LogP) is 3.21. The van der Waals surface area contributed by atoms with Gasteiger partial charge in [-0.15, -0.1) is 13.2 Å². The Morgan fingerprint density at radius 3 is 1.94 bits per heavy atom. The highest BCUT2D eigenvalue weighted by molar-refractivity contribution is 5.99. The molecule has 12 heteroatoms. The lowest BCUT2D eigenvalue weighted by Crippen LogP contribution is -2.41. The van der Waals surface area contributed by atoms with Crippen LogP contribution in [0, 0.1) is 0 Å². The molecule has 0 saturated carbocycles. The second kappa shape index (κ2) is 10.3. The highest BCUT2D eigenvalue weighted by Gasteiger charge is 2.31. The SMILES string of the molecule is CNC(=O)c1cc(Oc2cccc(C(=O)NNC(=O)c3cccc(OC(F)(F)F)c3)c2)ccn1. The molecule has 9 nitrogen and oxygen atoms in total. The molecule has 0 unspecified atom stereocenters. The van der Waals surface area contributed by atoms with Gasteiger partial charge in [-0.25, -0.2) is 0 Å². The summed E-state index contributed by atoms with van der Waals surface area (Å²) in [6.45, 7) is 0. The van der Waals surface area contributed by atoms with E-state index in [0.717, 1.165) is 12.1 Å². The average molecular weight is 474 g/mol. The average Bonchev–Trinajstić information content (AvgIpc) is 2.81. The van der Waals surface area contributed by atoms with Crippen molar-refractivity contribution in [2.24, 2.45) is 0 Å². The van der Waals surface area contributed by atoms with E-state index in [4.69, 9.17) is 4.74 Å². The first kappa shape index (κ1) is 24.0. The van der Waals surface area contributed by atoms with E-state index in [2.05, 4.69) is 25.9 Å². The Bertz CT molecular complexity index is 1220. The van der Waals surface area contributed by atoms with Gasteiger partial charge in [0.1, 0.15) is 22.9 Å². The third kappa shape index (κ3) is 6.69. The van der Waals surface area contributed by atoms with Crippen LogP contribution in [0.5, 0.6) is 17.2 Å². The number of rotatable bonds is 6. The van der Waals surface area contributed by atoms with Crippen molar-refractivity contribution in [2.75, 3.05) is 7.05 Å². The molecule has 0 aliphatic heterocycles. The van der Waals surface area contributed by atoms with Gasteiger partial charge in [0, 0.05) is 30.4 Å². The summed E-state index contributed by atoms with van der Waals surface area (Å²) in [6.07, 6.45) is -3.52. The lowest BCUT2D eigenvalue weighted by atomic mass is 10.2. The number of hydrogen-bond acceptors (Lipinski definition) is 6. The number of ether oxygens (including phenoxy) is 2. The molecule has 0 atom stereocenters. The molecule has 0 aliphatic rings. The second-order valence-electron chi connectivity index (χ2n) is 6.57. The summed E-state index contributed by atoms with van der Waals surface area (Å²) in [5.74, 6) is -1.96. The number of pyridine rings is 1. The van der Waals surface area contributed by atoms with Crippen LogP contribution < -0.4 is 25.6 Å². The zero-order chi connectivity index (χ0) is 24.7. The molecule has 1 aromatic heterocycles. The van der Waals surface area contributed by atoms with E-state index in [0.29, 0.717) is 5.75 Å². The normalized spacial score (nSPS) is 10.7. The van der Waals surface area contributed by atoms with E-state index in [-0.39, 0.29) is 22.6 Å². The number of carbonyl (C=O) groups excluding carboxylic acids is 3. The maximum Gasteiger partial charge on any atom is 0.573 e. The lowest BCUT2D eigenvalue weighted by molar-refractivity contribution is -0.274. The van der Waals surface area contributed by atoms with E-state index in [9.17, 15) is 27.6 Å². The van der Waals surface area contributed by atoms with Crippen LogP contribution in [0.3, 0.4) is 0 Å². The number of carbonyl (C=O) groups is 3. The Hall–Kier alpha value is -4.61. The smallest absolute Gasteiger partial charge is 0.457 e. The van der Waals surface area contributed by atoms with Gasteiger partial charge >= 0.3 is 6.36 Å². The molecule has 0 fully saturated rings. The van der Waals surface area contributed by atoms with Crippen molar-refractivity contribution >= 4 is 17.7 Å². The van der Waals surface area contributed by atoms with E-state index < -0.39 is 29.8 Å². The second-order valence-corrected chi connectivity index (χ2v) is 6.57. The predicted molar refractivity (Wildman–Crippen MR) is 112 cm³/mol. The number of aromatic nitrogens is 1. The maximum absolute atomic E-state index is 12.4. The summed E-state index contributed by atoms with van der Waals surface area (Å²) >= 11 is 0. The maximum atomic E-state index is 12.4. The molecule has 2 aromatic carbocycles. The third-order valence-corrected chi connectivity index (χ3v) is 4.14. The number of hydrazine groups is 1. The largest absolute Gasteiger partial charge is 0.573 e. The van der Waals surface area contributed by atoms with Crippen molar-refractivity contribution in [3.8, 4) is 17.2 Å². The van der Waals surface area contributed by atoms with Crippen molar-refractivity contribution < 1.29 is 37.0 Å². The molecule has 34 heavy (non-hydrogen) atoms. The van der Waals surface area contributed by atoms with Crippen molar-refractivity contribution in [1.82, 2.24) is 21.2 Å². The van der Waals surface area contributed by atoms with Gasteiger partial charge in [-0.05, 0) is 42.5 Å². The van der Waals surface area contributed by atoms with Gasteiger partial charge in [0.25, 0.3) is 17.7 Å². The zero-order valence-corrected chi connectivity index (χ0v) is 17.5. The Morgan fingerprint density at radius 1 is 0.794 bits per heavy atom. The molecule has 3 rings (SSSR count). The minimum atomic E-state index is -4.91. The quantitative estimate of drug-likeness (QED) is 0.472. The van der Waals surface area contributed by atoms with Crippen molar-refractivity contribution in [3.63, 3.8) is 0 Å². The van der Waals surface area contributed by atoms with Gasteiger partial charge in [-0.3, -0.25) is 30.2 Å². The molecule has 0 bridgehead atoms. The molecule has 0 aliphatic carbocycles. The topological polar surface area (TPSA) is 119 Å². The molecule has 176 valence electrons. The van der Waals surface area contributed by atoms with Crippen LogP contribution in [0.25, 0.3) is 0 Å². The summed E-state index contributed by atoms with van der Waals surface area (Å²) in [4.78, 5) is 40.2. The molecule has 3 amide bonds. The van der Waals surface area contributed by atoms with Crippen molar-refractivity contribution in [2.45, 2.75) is 6.36 Å².